The average molecular weight is 281 g/mol. The summed E-state index contributed by atoms with van der Waals surface area (Å²) in [6, 6.07) is 14.6. The molecular weight excluding hydrogens is 258 g/mol. The second-order valence-corrected chi connectivity index (χ2v) is 6.27. The second-order valence-electron chi connectivity index (χ2n) is 6.27. The quantitative estimate of drug-likeness (QED) is 0.838. The lowest BCUT2D eigenvalue weighted by atomic mass is 10.0. The topological polar surface area (TPSA) is 32.3 Å². The Labute approximate surface area is 126 Å². The van der Waals surface area contributed by atoms with Crippen LogP contribution in [0.5, 0.6) is 5.75 Å². The monoisotopic (exact) mass is 281 g/mol. The molecule has 3 rings (SSSR count). The summed E-state index contributed by atoms with van der Waals surface area (Å²) >= 11 is 0. The van der Waals surface area contributed by atoms with Crippen molar-refractivity contribution in [3.8, 4) is 5.75 Å². The van der Waals surface area contributed by atoms with Gasteiger partial charge in [-0.3, -0.25) is 0 Å². The van der Waals surface area contributed by atoms with Gasteiger partial charge in [0.1, 0.15) is 5.75 Å². The van der Waals surface area contributed by atoms with Crippen LogP contribution in [0.4, 0.5) is 5.69 Å². The molecule has 2 N–H and O–H groups in total. The van der Waals surface area contributed by atoms with Crippen molar-refractivity contribution in [3.63, 3.8) is 0 Å². The normalized spacial score (nSPS) is 15.7. The minimum atomic E-state index is 0.331. The van der Waals surface area contributed by atoms with E-state index in [2.05, 4.69) is 43.4 Å². The van der Waals surface area contributed by atoms with Crippen molar-refractivity contribution < 1.29 is 5.11 Å². The van der Waals surface area contributed by atoms with Crippen LogP contribution in [0.25, 0.3) is 0 Å². The number of benzene rings is 2. The standard InChI is InChI=1S/C19H23NO/c1-13-10-17(16-6-7-16)8-9-19(13)20-14(2)11-15-4-3-5-18(21)12-15/h3-5,8-10,12,14,16,20-21H,6-7,11H2,1-2H3. The molecule has 0 saturated heterocycles. The number of hydrogen-bond acceptors (Lipinski definition) is 2. The molecule has 1 fully saturated rings. The fourth-order valence-electron chi connectivity index (χ4n) is 2.87. The summed E-state index contributed by atoms with van der Waals surface area (Å²) in [5.74, 6) is 1.15. The van der Waals surface area contributed by atoms with Gasteiger partial charge in [0.05, 0.1) is 0 Å². The third-order valence-corrected chi connectivity index (χ3v) is 4.15. The molecule has 0 radical (unpaired) electrons. The molecule has 2 heteroatoms. The van der Waals surface area contributed by atoms with Gasteiger partial charge in [-0.05, 0) is 73.9 Å². The Morgan fingerprint density at radius 2 is 2.00 bits per heavy atom. The Morgan fingerprint density at radius 1 is 1.19 bits per heavy atom. The zero-order valence-corrected chi connectivity index (χ0v) is 12.8. The van der Waals surface area contributed by atoms with E-state index in [0.29, 0.717) is 11.8 Å². The van der Waals surface area contributed by atoms with Crippen LogP contribution in [0.3, 0.4) is 0 Å². The minimum absolute atomic E-state index is 0.331. The van der Waals surface area contributed by atoms with Crippen molar-refractivity contribution in [2.24, 2.45) is 0 Å². The highest BCUT2D eigenvalue weighted by atomic mass is 16.3. The van der Waals surface area contributed by atoms with Crippen LogP contribution in [0.15, 0.2) is 42.5 Å². The lowest BCUT2D eigenvalue weighted by Gasteiger charge is -2.18. The molecular formula is C19H23NO. The maximum atomic E-state index is 9.53. The van der Waals surface area contributed by atoms with Crippen LogP contribution >= 0.6 is 0 Å². The molecule has 0 aliphatic heterocycles. The van der Waals surface area contributed by atoms with Gasteiger partial charge in [-0.15, -0.1) is 0 Å². The molecule has 1 aliphatic carbocycles. The number of aromatic hydroxyl groups is 1. The molecule has 0 heterocycles. The number of phenols is 1. The Bertz CT molecular complexity index is 631. The first-order valence-corrected chi connectivity index (χ1v) is 7.77. The van der Waals surface area contributed by atoms with Gasteiger partial charge in [-0.25, -0.2) is 0 Å². The van der Waals surface area contributed by atoms with E-state index in [1.807, 2.05) is 12.1 Å². The molecule has 0 aromatic heterocycles. The summed E-state index contributed by atoms with van der Waals surface area (Å²) in [6.07, 6.45) is 3.60. The summed E-state index contributed by atoms with van der Waals surface area (Å²) in [4.78, 5) is 0. The van der Waals surface area contributed by atoms with E-state index in [1.54, 1.807) is 6.07 Å². The van der Waals surface area contributed by atoms with Gasteiger partial charge in [-0.2, -0.15) is 0 Å². The molecule has 2 aromatic rings. The van der Waals surface area contributed by atoms with Gasteiger partial charge in [0.15, 0.2) is 0 Å². The van der Waals surface area contributed by atoms with Crippen LogP contribution in [-0.2, 0) is 6.42 Å². The maximum Gasteiger partial charge on any atom is 0.115 e. The molecule has 110 valence electrons. The van der Waals surface area contributed by atoms with Crippen molar-refractivity contribution in [2.75, 3.05) is 5.32 Å². The van der Waals surface area contributed by atoms with Crippen molar-refractivity contribution in [2.45, 2.75) is 45.1 Å². The van der Waals surface area contributed by atoms with Crippen LogP contribution in [-0.4, -0.2) is 11.1 Å². The Kier molecular flexibility index (Phi) is 3.87. The third kappa shape index (κ3) is 3.57. The van der Waals surface area contributed by atoms with E-state index in [0.717, 1.165) is 17.9 Å². The van der Waals surface area contributed by atoms with Crippen LogP contribution < -0.4 is 5.32 Å². The first-order valence-electron chi connectivity index (χ1n) is 7.77. The molecule has 0 spiro atoms. The summed E-state index contributed by atoms with van der Waals surface area (Å²) < 4.78 is 0. The zero-order chi connectivity index (χ0) is 14.8. The Hall–Kier alpha value is -1.96. The predicted molar refractivity (Wildman–Crippen MR) is 88.0 cm³/mol. The molecule has 0 bridgehead atoms. The van der Waals surface area contributed by atoms with E-state index in [9.17, 15) is 5.11 Å². The van der Waals surface area contributed by atoms with Crippen molar-refractivity contribution in [1.82, 2.24) is 0 Å². The summed E-state index contributed by atoms with van der Waals surface area (Å²) in [5, 5.41) is 13.1. The fourth-order valence-corrected chi connectivity index (χ4v) is 2.87. The van der Waals surface area contributed by atoms with E-state index in [4.69, 9.17) is 0 Å². The largest absolute Gasteiger partial charge is 0.508 e. The van der Waals surface area contributed by atoms with E-state index in [1.165, 1.54) is 29.7 Å². The van der Waals surface area contributed by atoms with Gasteiger partial charge in [0.25, 0.3) is 0 Å². The van der Waals surface area contributed by atoms with Gasteiger partial charge in [0.2, 0.25) is 0 Å². The second kappa shape index (κ2) is 5.80. The molecule has 2 aromatic carbocycles. The van der Waals surface area contributed by atoms with E-state index >= 15 is 0 Å². The molecule has 1 saturated carbocycles. The number of anilines is 1. The zero-order valence-electron chi connectivity index (χ0n) is 12.8. The van der Waals surface area contributed by atoms with Crippen molar-refractivity contribution in [3.05, 3.63) is 59.2 Å². The highest BCUT2D eigenvalue weighted by Crippen LogP contribution is 2.41. The number of rotatable bonds is 5. The summed E-state index contributed by atoms with van der Waals surface area (Å²) in [6.45, 7) is 4.35. The summed E-state index contributed by atoms with van der Waals surface area (Å²) in [7, 11) is 0. The SMILES string of the molecule is Cc1cc(C2CC2)ccc1NC(C)Cc1cccc(O)c1. The Morgan fingerprint density at radius 3 is 2.67 bits per heavy atom. The van der Waals surface area contributed by atoms with Crippen LogP contribution in [0.1, 0.15) is 42.4 Å². The molecule has 0 amide bonds. The van der Waals surface area contributed by atoms with Gasteiger partial charge >= 0.3 is 0 Å². The number of aryl methyl sites for hydroxylation is 1. The summed E-state index contributed by atoms with van der Waals surface area (Å²) in [5.41, 5.74) is 5.18. The number of nitrogens with one attached hydrogen (secondary N) is 1. The molecule has 1 unspecified atom stereocenters. The Balaban J connectivity index is 1.65. The fraction of sp³-hybridized carbons (Fsp3) is 0.368. The molecule has 2 nitrogen and oxygen atoms in total. The lowest BCUT2D eigenvalue weighted by Crippen LogP contribution is -2.18. The molecule has 1 atom stereocenters. The van der Waals surface area contributed by atoms with Crippen LogP contribution in [0, 0.1) is 6.92 Å². The number of hydrogen-bond donors (Lipinski definition) is 2. The predicted octanol–water partition coefficient (Wildman–Crippen LogP) is 4.62. The average Bonchev–Trinajstić information content (AvgIpc) is 3.25. The van der Waals surface area contributed by atoms with Gasteiger partial charge < -0.3 is 10.4 Å². The number of phenolic OH excluding ortho intramolecular Hbond substituents is 1. The smallest absolute Gasteiger partial charge is 0.115 e. The van der Waals surface area contributed by atoms with E-state index < -0.39 is 0 Å². The van der Waals surface area contributed by atoms with E-state index in [-0.39, 0.29) is 0 Å². The van der Waals surface area contributed by atoms with Crippen molar-refractivity contribution in [1.29, 1.82) is 0 Å². The molecule has 1 aliphatic rings. The highest BCUT2D eigenvalue weighted by Gasteiger charge is 2.23. The van der Waals surface area contributed by atoms with Crippen molar-refractivity contribution >= 4 is 5.69 Å². The first-order chi connectivity index (χ1) is 10.1. The van der Waals surface area contributed by atoms with Gasteiger partial charge in [-0.1, -0.05) is 24.3 Å². The first kappa shape index (κ1) is 14.0. The lowest BCUT2D eigenvalue weighted by molar-refractivity contribution is 0.474. The highest BCUT2D eigenvalue weighted by molar-refractivity contribution is 5.53. The molecule has 21 heavy (non-hydrogen) atoms. The van der Waals surface area contributed by atoms with Gasteiger partial charge in [0, 0.05) is 11.7 Å². The van der Waals surface area contributed by atoms with Crippen LogP contribution in [0.2, 0.25) is 0 Å². The maximum absolute atomic E-state index is 9.53. The minimum Gasteiger partial charge on any atom is -0.508 e. The third-order valence-electron chi connectivity index (χ3n) is 4.15.